The number of carbonyl (C=O) groups is 1. The van der Waals surface area contributed by atoms with E-state index in [4.69, 9.17) is 0 Å². The second-order valence-corrected chi connectivity index (χ2v) is 7.30. The number of para-hydroxylation sites is 1. The third kappa shape index (κ3) is 4.55. The summed E-state index contributed by atoms with van der Waals surface area (Å²) >= 11 is 0. The largest absolute Gasteiger partial charge is 0.342 e. The van der Waals surface area contributed by atoms with Crippen LogP contribution in [0.2, 0.25) is 0 Å². The molecular formula is C23H25N3O2. The van der Waals surface area contributed by atoms with E-state index in [1.165, 1.54) is 6.07 Å². The molecule has 0 fully saturated rings. The van der Waals surface area contributed by atoms with E-state index in [9.17, 15) is 9.59 Å². The highest BCUT2D eigenvalue weighted by Gasteiger charge is 2.21. The Balaban J connectivity index is 2.08. The van der Waals surface area contributed by atoms with Crippen LogP contribution in [-0.4, -0.2) is 15.5 Å². The lowest BCUT2D eigenvalue weighted by Crippen LogP contribution is -2.29. The third-order valence-corrected chi connectivity index (χ3v) is 4.53. The number of nitrogens with zero attached hydrogens (tertiary/aromatic N) is 2. The van der Waals surface area contributed by atoms with Crippen molar-refractivity contribution in [1.29, 1.82) is 0 Å². The quantitative estimate of drug-likeness (QED) is 0.707. The topological polar surface area (TPSA) is 64.0 Å². The third-order valence-electron chi connectivity index (χ3n) is 4.53. The van der Waals surface area contributed by atoms with Crippen molar-refractivity contribution in [3.05, 3.63) is 93.7 Å². The Bertz CT molecular complexity index is 1010. The number of aromatic nitrogens is 2. The minimum atomic E-state index is -0.373. The number of nitrogens with one attached hydrogen (secondary N) is 1. The van der Waals surface area contributed by atoms with Crippen LogP contribution in [-0.2, 0) is 13.0 Å². The van der Waals surface area contributed by atoms with Gasteiger partial charge in [0.2, 0.25) is 0 Å². The number of hydrogen-bond donors (Lipinski definition) is 1. The number of anilines is 1. The maximum Gasteiger partial charge on any atom is 0.261 e. The molecule has 0 radical (unpaired) electrons. The van der Waals surface area contributed by atoms with Crippen molar-refractivity contribution < 1.29 is 4.79 Å². The van der Waals surface area contributed by atoms with Crippen molar-refractivity contribution >= 4 is 11.6 Å². The van der Waals surface area contributed by atoms with E-state index < -0.39 is 0 Å². The SMILES string of the molecule is Cc1cc(=O)c(C(=O)Nc2ccccc2)c(CC(C)C)n1Cc1ccccn1. The summed E-state index contributed by atoms with van der Waals surface area (Å²) < 4.78 is 2.03. The fraction of sp³-hybridized carbons (Fsp3) is 0.261. The highest BCUT2D eigenvalue weighted by Crippen LogP contribution is 2.17. The molecule has 3 rings (SSSR count). The Morgan fingerprint density at radius 3 is 2.46 bits per heavy atom. The summed E-state index contributed by atoms with van der Waals surface area (Å²) in [6.45, 7) is 6.57. The number of amides is 1. The lowest BCUT2D eigenvalue weighted by molar-refractivity contribution is 0.102. The first-order valence-electron chi connectivity index (χ1n) is 9.45. The van der Waals surface area contributed by atoms with Gasteiger partial charge in [-0.05, 0) is 43.5 Å². The minimum absolute atomic E-state index is 0.207. The molecule has 1 N–H and O–H groups in total. The van der Waals surface area contributed by atoms with Gasteiger partial charge < -0.3 is 9.88 Å². The first-order valence-corrected chi connectivity index (χ1v) is 9.45. The summed E-state index contributed by atoms with van der Waals surface area (Å²) in [6.07, 6.45) is 2.37. The molecular weight excluding hydrogens is 350 g/mol. The van der Waals surface area contributed by atoms with Gasteiger partial charge in [0.1, 0.15) is 5.56 Å². The minimum Gasteiger partial charge on any atom is -0.342 e. The molecule has 0 saturated heterocycles. The molecule has 0 saturated carbocycles. The summed E-state index contributed by atoms with van der Waals surface area (Å²) in [5, 5.41) is 2.86. The molecule has 0 bridgehead atoms. The van der Waals surface area contributed by atoms with Crippen LogP contribution in [0.25, 0.3) is 0 Å². The summed E-state index contributed by atoms with van der Waals surface area (Å²) in [4.78, 5) is 30.2. The number of carbonyl (C=O) groups excluding carboxylic acids is 1. The van der Waals surface area contributed by atoms with Gasteiger partial charge in [-0.1, -0.05) is 38.1 Å². The zero-order chi connectivity index (χ0) is 20.1. The number of aryl methyl sites for hydroxylation is 1. The molecule has 2 heterocycles. The first kappa shape index (κ1) is 19.5. The van der Waals surface area contributed by atoms with Gasteiger partial charge in [-0.2, -0.15) is 0 Å². The van der Waals surface area contributed by atoms with Gasteiger partial charge in [-0.15, -0.1) is 0 Å². The zero-order valence-corrected chi connectivity index (χ0v) is 16.5. The van der Waals surface area contributed by atoms with E-state index in [0.717, 1.165) is 17.1 Å². The Labute approximate surface area is 165 Å². The number of benzene rings is 1. The van der Waals surface area contributed by atoms with Gasteiger partial charge in [-0.3, -0.25) is 14.6 Å². The monoisotopic (exact) mass is 375 g/mol. The number of hydrogen-bond acceptors (Lipinski definition) is 3. The Kier molecular flexibility index (Phi) is 6.04. The summed E-state index contributed by atoms with van der Waals surface area (Å²) in [5.41, 5.74) is 3.08. The predicted octanol–water partition coefficient (Wildman–Crippen LogP) is 4.05. The molecule has 0 unspecified atom stereocenters. The van der Waals surface area contributed by atoms with Crippen LogP contribution >= 0.6 is 0 Å². The Morgan fingerprint density at radius 1 is 1.11 bits per heavy atom. The molecule has 1 amide bonds. The lowest BCUT2D eigenvalue weighted by atomic mass is 10.0. The van der Waals surface area contributed by atoms with E-state index in [1.54, 1.807) is 18.3 Å². The molecule has 0 aliphatic carbocycles. The smallest absolute Gasteiger partial charge is 0.261 e. The lowest BCUT2D eigenvalue weighted by Gasteiger charge is -2.21. The van der Waals surface area contributed by atoms with Crippen LogP contribution in [0.4, 0.5) is 5.69 Å². The molecule has 2 aromatic heterocycles. The fourth-order valence-electron chi connectivity index (χ4n) is 3.26. The molecule has 5 heteroatoms. The van der Waals surface area contributed by atoms with Crippen molar-refractivity contribution in [1.82, 2.24) is 9.55 Å². The van der Waals surface area contributed by atoms with E-state index in [1.807, 2.05) is 47.9 Å². The second-order valence-electron chi connectivity index (χ2n) is 7.30. The average Bonchev–Trinajstić information content (AvgIpc) is 2.66. The summed E-state index contributed by atoms with van der Waals surface area (Å²) in [7, 11) is 0. The van der Waals surface area contributed by atoms with E-state index in [-0.39, 0.29) is 16.9 Å². The number of rotatable bonds is 6. The van der Waals surface area contributed by atoms with Crippen molar-refractivity contribution in [2.45, 2.75) is 33.7 Å². The van der Waals surface area contributed by atoms with Crippen molar-refractivity contribution in [3.63, 3.8) is 0 Å². The Hall–Kier alpha value is -3.21. The second kappa shape index (κ2) is 8.65. The number of pyridine rings is 2. The van der Waals surface area contributed by atoms with Crippen molar-refractivity contribution in [2.24, 2.45) is 5.92 Å². The van der Waals surface area contributed by atoms with Crippen LogP contribution in [0.3, 0.4) is 0 Å². The standard InChI is InChI=1S/C23H25N3O2/c1-16(2)13-20-22(23(28)25-18-9-5-4-6-10-18)21(27)14-17(3)26(20)15-19-11-7-8-12-24-19/h4-12,14,16H,13,15H2,1-3H3,(H,25,28). The molecule has 1 aromatic carbocycles. The molecule has 28 heavy (non-hydrogen) atoms. The maximum atomic E-state index is 13.0. The normalized spacial score (nSPS) is 10.9. The fourth-order valence-corrected chi connectivity index (χ4v) is 3.26. The molecule has 5 nitrogen and oxygen atoms in total. The van der Waals surface area contributed by atoms with Crippen LogP contribution in [0.15, 0.2) is 65.6 Å². The Morgan fingerprint density at radius 2 is 1.82 bits per heavy atom. The van der Waals surface area contributed by atoms with Crippen LogP contribution < -0.4 is 10.7 Å². The van der Waals surface area contributed by atoms with Gasteiger partial charge in [0.25, 0.3) is 5.91 Å². The molecule has 0 aliphatic heterocycles. The molecule has 144 valence electrons. The zero-order valence-electron chi connectivity index (χ0n) is 16.5. The van der Waals surface area contributed by atoms with Gasteiger partial charge in [0.05, 0.1) is 12.2 Å². The van der Waals surface area contributed by atoms with Gasteiger partial charge in [0, 0.05) is 29.3 Å². The highest BCUT2D eigenvalue weighted by atomic mass is 16.2. The van der Waals surface area contributed by atoms with E-state index >= 15 is 0 Å². The van der Waals surface area contributed by atoms with Gasteiger partial charge in [0.15, 0.2) is 5.43 Å². The molecule has 0 spiro atoms. The summed E-state index contributed by atoms with van der Waals surface area (Å²) in [5.74, 6) is -0.0823. The molecule has 3 aromatic rings. The predicted molar refractivity (Wildman–Crippen MR) is 112 cm³/mol. The van der Waals surface area contributed by atoms with Gasteiger partial charge >= 0.3 is 0 Å². The van der Waals surface area contributed by atoms with Crippen molar-refractivity contribution in [3.8, 4) is 0 Å². The van der Waals surface area contributed by atoms with E-state index in [0.29, 0.717) is 24.6 Å². The molecule has 0 atom stereocenters. The highest BCUT2D eigenvalue weighted by molar-refractivity contribution is 6.05. The van der Waals surface area contributed by atoms with Crippen LogP contribution in [0.1, 0.15) is 41.3 Å². The van der Waals surface area contributed by atoms with E-state index in [2.05, 4.69) is 24.1 Å². The van der Waals surface area contributed by atoms with Crippen LogP contribution in [0, 0.1) is 12.8 Å². The summed E-state index contributed by atoms with van der Waals surface area (Å²) in [6, 6.07) is 16.5. The average molecular weight is 375 g/mol. The molecule has 0 aliphatic rings. The van der Waals surface area contributed by atoms with Gasteiger partial charge in [-0.25, -0.2) is 0 Å². The van der Waals surface area contributed by atoms with Crippen LogP contribution in [0.5, 0.6) is 0 Å². The van der Waals surface area contributed by atoms with Crippen molar-refractivity contribution in [2.75, 3.05) is 5.32 Å². The first-order chi connectivity index (χ1) is 13.5. The maximum absolute atomic E-state index is 13.0.